The zero-order valence-electron chi connectivity index (χ0n) is 38.2. The summed E-state index contributed by atoms with van der Waals surface area (Å²) in [7, 11) is 0. The Hall–Kier alpha value is -3.41. The number of hydrogen-bond donors (Lipinski definition) is 0. The molecule has 0 aliphatic rings. The molecule has 0 spiro atoms. The van der Waals surface area contributed by atoms with Crippen LogP contribution >= 0.6 is 0 Å². The van der Waals surface area contributed by atoms with E-state index in [-0.39, 0.29) is 31.1 Å². The highest BCUT2D eigenvalue weighted by Crippen LogP contribution is 2.14. The van der Waals surface area contributed by atoms with Gasteiger partial charge in [-0.3, -0.25) is 14.4 Å². The summed E-state index contributed by atoms with van der Waals surface area (Å²) in [6, 6.07) is 0. The zero-order valence-corrected chi connectivity index (χ0v) is 38.2. The van der Waals surface area contributed by atoms with Crippen LogP contribution in [-0.2, 0) is 28.6 Å². The number of rotatable bonds is 42. The number of carbonyl (C=O) groups excluding carboxylic acids is 3. The van der Waals surface area contributed by atoms with Crippen molar-refractivity contribution >= 4 is 17.9 Å². The Morgan fingerprint density at radius 1 is 0.373 bits per heavy atom. The average molecular weight is 821 g/mol. The Kier molecular flexibility index (Phi) is 44.5. The minimum Gasteiger partial charge on any atom is -0.462 e. The van der Waals surface area contributed by atoms with E-state index in [1.165, 1.54) is 64.2 Å². The number of esters is 3. The predicted octanol–water partition coefficient (Wildman–Crippen LogP) is 15.6. The molecule has 1 unspecified atom stereocenters. The molecular weight excluding hydrogens is 733 g/mol. The van der Waals surface area contributed by atoms with Crippen molar-refractivity contribution in [1.82, 2.24) is 0 Å². The van der Waals surface area contributed by atoms with Gasteiger partial charge in [0.1, 0.15) is 13.2 Å². The van der Waals surface area contributed by atoms with Crippen molar-refractivity contribution in [3.8, 4) is 0 Å². The van der Waals surface area contributed by atoms with Crippen LogP contribution in [-0.4, -0.2) is 37.2 Å². The van der Waals surface area contributed by atoms with E-state index in [1.807, 2.05) is 18.2 Å². The van der Waals surface area contributed by atoms with Crippen LogP contribution in [0.3, 0.4) is 0 Å². The molecule has 336 valence electrons. The first-order valence-electron chi connectivity index (χ1n) is 24.1. The highest BCUT2D eigenvalue weighted by atomic mass is 16.6. The van der Waals surface area contributed by atoms with E-state index in [0.29, 0.717) is 19.3 Å². The van der Waals surface area contributed by atoms with Gasteiger partial charge in [-0.15, -0.1) is 0 Å². The molecule has 59 heavy (non-hydrogen) atoms. The van der Waals surface area contributed by atoms with E-state index in [9.17, 15) is 14.4 Å². The Labute approximate surface area is 363 Å². The van der Waals surface area contributed by atoms with Gasteiger partial charge in [-0.05, 0) is 89.9 Å². The molecule has 0 fully saturated rings. The van der Waals surface area contributed by atoms with Crippen molar-refractivity contribution < 1.29 is 28.6 Å². The van der Waals surface area contributed by atoms with E-state index in [4.69, 9.17) is 14.2 Å². The van der Waals surface area contributed by atoms with Crippen LogP contribution in [0.4, 0.5) is 0 Å². The van der Waals surface area contributed by atoms with Gasteiger partial charge in [0.25, 0.3) is 0 Å². The second-order valence-corrected chi connectivity index (χ2v) is 15.7. The maximum Gasteiger partial charge on any atom is 0.306 e. The van der Waals surface area contributed by atoms with Gasteiger partial charge in [0.15, 0.2) is 6.10 Å². The lowest BCUT2D eigenvalue weighted by Crippen LogP contribution is -2.30. The summed E-state index contributed by atoms with van der Waals surface area (Å²) in [5.74, 6) is -0.938. The largest absolute Gasteiger partial charge is 0.462 e. The van der Waals surface area contributed by atoms with Gasteiger partial charge in [-0.2, -0.15) is 0 Å². The van der Waals surface area contributed by atoms with E-state index >= 15 is 0 Å². The molecule has 0 bridgehead atoms. The van der Waals surface area contributed by atoms with E-state index in [2.05, 4.69) is 87.6 Å². The van der Waals surface area contributed by atoms with E-state index < -0.39 is 6.10 Å². The Bertz CT molecular complexity index is 1170. The first-order chi connectivity index (χ1) is 29.0. The molecule has 0 aromatic carbocycles. The van der Waals surface area contributed by atoms with Crippen LogP contribution in [0.2, 0.25) is 0 Å². The fourth-order valence-corrected chi connectivity index (χ4v) is 6.37. The van der Waals surface area contributed by atoms with Crippen molar-refractivity contribution in [3.05, 3.63) is 85.1 Å². The maximum absolute atomic E-state index is 12.8. The quantitative estimate of drug-likeness (QED) is 0.0201. The lowest BCUT2D eigenvalue weighted by molar-refractivity contribution is -0.167. The Morgan fingerprint density at radius 2 is 0.746 bits per heavy atom. The van der Waals surface area contributed by atoms with Gasteiger partial charge < -0.3 is 14.2 Å². The molecule has 0 aromatic heterocycles. The van der Waals surface area contributed by atoms with Gasteiger partial charge >= 0.3 is 17.9 Å². The highest BCUT2D eigenvalue weighted by molar-refractivity contribution is 5.71. The molecule has 0 saturated heterocycles. The first-order valence-corrected chi connectivity index (χ1v) is 24.1. The fraction of sp³-hybridized carbons (Fsp3) is 0.679. The number of allylic oxidation sites excluding steroid dienone is 14. The average Bonchev–Trinajstić information content (AvgIpc) is 3.23. The standard InChI is InChI=1S/C53H88O6/c1-4-7-10-13-16-19-22-25-27-29-31-34-37-40-43-46-52(55)58-49-50(48-57-51(54)45-42-39-36-33-30-24-21-18-15-12-9-6-3)59-53(56)47-44-41-38-35-32-28-26-23-20-17-14-11-8-5-2/h7-8,10-11,13,16-22,25,27,50H,4-6,9,12,14-15,23-24,26,28-49H2,1-3H3/b10-7-,11-8-,16-13-,20-17-,21-18-,22-19-,27-25-. The summed E-state index contributed by atoms with van der Waals surface area (Å²) in [5.41, 5.74) is 0. The molecule has 0 N–H and O–H groups in total. The minimum atomic E-state index is -0.793. The molecule has 0 radical (unpaired) electrons. The van der Waals surface area contributed by atoms with Crippen LogP contribution in [0, 0.1) is 0 Å². The maximum atomic E-state index is 12.8. The molecule has 0 aliphatic carbocycles. The molecule has 0 saturated carbocycles. The van der Waals surface area contributed by atoms with Gasteiger partial charge in [-0.25, -0.2) is 0 Å². The fourth-order valence-electron chi connectivity index (χ4n) is 6.37. The van der Waals surface area contributed by atoms with Crippen LogP contribution in [0.15, 0.2) is 85.1 Å². The number of ether oxygens (including phenoxy) is 3. The Balaban J connectivity index is 4.46. The molecule has 0 rings (SSSR count). The highest BCUT2D eigenvalue weighted by Gasteiger charge is 2.19. The minimum absolute atomic E-state index is 0.0929. The summed E-state index contributed by atoms with van der Waals surface area (Å²) in [6.45, 7) is 6.32. The second-order valence-electron chi connectivity index (χ2n) is 15.7. The molecule has 0 aromatic rings. The van der Waals surface area contributed by atoms with Crippen molar-refractivity contribution in [1.29, 1.82) is 0 Å². The molecule has 0 amide bonds. The molecule has 6 heteroatoms. The van der Waals surface area contributed by atoms with Crippen molar-refractivity contribution in [3.63, 3.8) is 0 Å². The predicted molar refractivity (Wildman–Crippen MR) is 251 cm³/mol. The molecule has 0 heterocycles. The molecule has 1 atom stereocenters. The monoisotopic (exact) mass is 821 g/mol. The van der Waals surface area contributed by atoms with E-state index in [1.54, 1.807) is 0 Å². The first kappa shape index (κ1) is 55.6. The summed E-state index contributed by atoms with van der Waals surface area (Å²) >= 11 is 0. The van der Waals surface area contributed by atoms with Crippen LogP contribution in [0.25, 0.3) is 0 Å². The van der Waals surface area contributed by atoms with Crippen LogP contribution in [0.1, 0.15) is 213 Å². The third-order valence-electron chi connectivity index (χ3n) is 9.96. The summed E-state index contributed by atoms with van der Waals surface area (Å²) in [6.07, 6.45) is 59.9. The third-order valence-corrected chi connectivity index (χ3v) is 9.96. The van der Waals surface area contributed by atoms with Gasteiger partial charge in [0.2, 0.25) is 0 Å². The molecule has 0 aliphatic heterocycles. The summed E-state index contributed by atoms with van der Waals surface area (Å²) in [5, 5.41) is 0. The lowest BCUT2D eigenvalue weighted by Gasteiger charge is -2.18. The van der Waals surface area contributed by atoms with Gasteiger partial charge in [-0.1, -0.05) is 189 Å². The van der Waals surface area contributed by atoms with Crippen molar-refractivity contribution in [2.75, 3.05) is 13.2 Å². The van der Waals surface area contributed by atoms with Gasteiger partial charge in [0.05, 0.1) is 0 Å². The van der Waals surface area contributed by atoms with Crippen molar-refractivity contribution in [2.45, 2.75) is 219 Å². The van der Waals surface area contributed by atoms with E-state index in [0.717, 1.165) is 109 Å². The topological polar surface area (TPSA) is 78.9 Å². The number of unbranched alkanes of at least 4 members (excludes halogenated alkanes) is 20. The van der Waals surface area contributed by atoms with Crippen LogP contribution < -0.4 is 0 Å². The smallest absolute Gasteiger partial charge is 0.306 e. The van der Waals surface area contributed by atoms with Crippen molar-refractivity contribution in [2.24, 2.45) is 0 Å². The second kappa shape index (κ2) is 47.3. The third kappa shape index (κ3) is 45.5. The van der Waals surface area contributed by atoms with Gasteiger partial charge in [0, 0.05) is 19.3 Å². The number of carbonyl (C=O) groups is 3. The SMILES string of the molecule is CC\C=C/C=C\C=C/C=C\CCCCCCCC(=O)OCC(COC(=O)CCCCCCC/C=C\CCCCC)OC(=O)CCCCCCCCC/C=C\C/C=C\CC. The summed E-state index contributed by atoms with van der Waals surface area (Å²) in [4.78, 5) is 37.9. The molecular formula is C53H88O6. The number of hydrogen-bond acceptors (Lipinski definition) is 6. The lowest BCUT2D eigenvalue weighted by atomic mass is 10.1. The summed E-state index contributed by atoms with van der Waals surface area (Å²) < 4.78 is 16.7. The molecule has 6 nitrogen and oxygen atoms in total. The Morgan fingerprint density at radius 3 is 1.24 bits per heavy atom. The zero-order chi connectivity index (χ0) is 43.0. The van der Waals surface area contributed by atoms with Crippen LogP contribution in [0.5, 0.6) is 0 Å². The normalized spacial score (nSPS) is 12.8.